The predicted octanol–water partition coefficient (Wildman–Crippen LogP) is 2.48. The number of rotatable bonds is 6. The molecule has 1 aromatic carbocycles. The maximum absolute atomic E-state index is 9.69. The van der Waals surface area contributed by atoms with Gasteiger partial charge < -0.3 is 9.84 Å². The van der Waals surface area contributed by atoms with Crippen molar-refractivity contribution >= 4 is 0 Å². The summed E-state index contributed by atoms with van der Waals surface area (Å²) in [6, 6.07) is 8.05. The molecule has 1 aromatic rings. The van der Waals surface area contributed by atoms with E-state index in [0.29, 0.717) is 13.0 Å². The predicted molar refractivity (Wildman–Crippen MR) is 66.2 cm³/mol. The minimum absolute atomic E-state index is 0.462. The van der Waals surface area contributed by atoms with E-state index in [9.17, 15) is 5.11 Å². The van der Waals surface area contributed by atoms with Crippen molar-refractivity contribution in [1.29, 1.82) is 0 Å². The van der Waals surface area contributed by atoms with Crippen LogP contribution in [0.5, 0.6) is 0 Å². The van der Waals surface area contributed by atoms with Crippen molar-refractivity contribution in [2.24, 2.45) is 0 Å². The summed E-state index contributed by atoms with van der Waals surface area (Å²) >= 11 is 0. The van der Waals surface area contributed by atoms with Crippen LogP contribution in [0.4, 0.5) is 0 Å². The molecule has 0 radical (unpaired) electrons. The van der Waals surface area contributed by atoms with Gasteiger partial charge >= 0.3 is 0 Å². The first-order valence-corrected chi connectivity index (χ1v) is 5.30. The quantitative estimate of drug-likeness (QED) is 0.743. The monoisotopic (exact) mass is 218 g/mol. The van der Waals surface area contributed by atoms with E-state index in [1.165, 1.54) is 0 Å². The number of allylic oxidation sites excluding steroid dienone is 2. The van der Waals surface area contributed by atoms with Crippen molar-refractivity contribution in [3.05, 3.63) is 60.2 Å². The lowest BCUT2D eigenvalue weighted by Gasteiger charge is -2.07. The molecule has 0 saturated heterocycles. The van der Waals surface area contributed by atoms with Crippen LogP contribution in [-0.4, -0.2) is 18.3 Å². The summed E-state index contributed by atoms with van der Waals surface area (Å²) < 4.78 is 5.06. The van der Waals surface area contributed by atoms with Crippen LogP contribution in [0, 0.1) is 0 Å². The van der Waals surface area contributed by atoms with E-state index >= 15 is 0 Å². The van der Waals surface area contributed by atoms with Crippen molar-refractivity contribution in [2.75, 3.05) is 7.11 Å². The van der Waals surface area contributed by atoms with Crippen LogP contribution in [0.3, 0.4) is 0 Å². The largest absolute Gasteiger partial charge is 0.389 e. The Bertz CT molecular complexity index is 356. The molecule has 1 unspecified atom stereocenters. The van der Waals surface area contributed by atoms with Gasteiger partial charge in [-0.2, -0.15) is 0 Å². The zero-order chi connectivity index (χ0) is 11.8. The highest BCUT2D eigenvalue weighted by Crippen LogP contribution is 2.09. The average molecular weight is 218 g/mol. The second-order valence-corrected chi connectivity index (χ2v) is 3.65. The summed E-state index contributed by atoms with van der Waals surface area (Å²) in [5, 5.41) is 9.69. The van der Waals surface area contributed by atoms with Gasteiger partial charge in [0, 0.05) is 13.5 Å². The second-order valence-electron chi connectivity index (χ2n) is 3.65. The fourth-order valence-corrected chi connectivity index (χ4v) is 1.53. The van der Waals surface area contributed by atoms with Gasteiger partial charge in [-0.3, -0.25) is 0 Å². The van der Waals surface area contributed by atoms with E-state index in [2.05, 4.69) is 12.6 Å². The maximum Gasteiger partial charge on any atom is 0.0764 e. The molecule has 0 fully saturated rings. The molecule has 16 heavy (non-hydrogen) atoms. The van der Waals surface area contributed by atoms with Crippen LogP contribution in [0.2, 0.25) is 0 Å². The number of hydrogen-bond acceptors (Lipinski definition) is 2. The molecule has 2 heteroatoms. The topological polar surface area (TPSA) is 29.5 Å². The third kappa shape index (κ3) is 4.43. The normalized spacial score (nSPS) is 12.9. The Morgan fingerprint density at radius 1 is 1.44 bits per heavy atom. The van der Waals surface area contributed by atoms with Crippen LogP contribution in [-0.2, 0) is 17.8 Å². The zero-order valence-corrected chi connectivity index (χ0v) is 9.60. The van der Waals surface area contributed by atoms with E-state index < -0.39 is 6.10 Å². The Morgan fingerprint density at radius 2 is 2.19 bits per heavy atom. The third-order valence-electron chi connectivity index (χ3n) is 2.22. The highest BCUT2D eigenvalue weighted by molar-refractivity contribution is 5.24. The molecule has 1 rings (SSSR count). The Kier molecular flexibility index (Phi) is 5.54. The van der Waals surface area contributed by atoms with Gasteiger partial charge in [0.1, 0.15) is 0 Å². The lowest BCUT2D eigenvalue weighted by Crippen LogP contribution is -2.06. The molecule has 1 N–H and O–H groups in total. The fourth-order valence-electron chi connectivity index (χ4n) is 1.53. The Morgan fingerprint density at radius 3 is 2.88 bits per heavy atom. The van der Waals surface area contributed by atoms with Gasteiger partial charge in [-0.25, -0.2) is 0 Å². The summed E-state index contributed by atoms with van der Waals surface area (Å²) in [6.45, 7) is 4.17. The molecule has 2 nitrogen and oxygen atoms in total. The van der Waals surface area contributed by atoms with Crippen LogP contribution >= 0.6 is 0 Å². The van der Waals surface area contributed by atoms with Gasteiger partial charge in [-0.1, -0.05) is 49.1 Å². The molecule has 0 saturated carbocycles. The molecule has 0 heterocycles. The summed E-state index contributed by atoms with van der Waals surface area (Å²) in [7, 11) is 1.67. The first-order valence-electron chi connectivity index (χ1n) is 5.30. The van der Waals surface area contributed by atoms with Gasteiger partial charge in [0.2, 0.25) is 0 Å². The Hall–Kier alpha value is -1.38. The average Bonchev–Trinajstić information content (AvgIpc) is 2.27. The van der Waals surface area contributed by atoms with Crippen LogP contribution in [0.1, 0.15) is 11.1 Å². The zero-order valence-electron chi connectivity index (χ0n) is 9.60. The van der Waals surface area contributed by atoms with Crippen LogP contribution in [0.25, 0.3) is 0 Å². The van der Waals surface area contributed by atoms with Crippen LogP contribution in [0.15, 0.2) is 49.1 Å². The maximum atomic E-state index is 9.69. The van der Waals surface area contributed by atoms with Crippen molar-refractivity contribution < 1.29 is 9.84 Å². The smallest absolute Gasteiger partial charge is 0.0764 e. The molecule has 0 aliphatic heterocycles. The van der Waals surface area contributed by atoms with E-state index in [1.54, 1.807) is 25.3 Å². The minimum Gasteiger partial charge on any atom is -0.389 e. The molecule has 0 amide bonds. The molecule has 0 aliphatic rings. The molecule has 86 valence electrons. The number of ether oxygens (including phenoxy) is 1. The van der Waals surface area contributed by atoms with Gasteiger partial charge in [-0.15, -0.1) is 0 Å². The highest BCUT2D eigenvalue weighted by atomic mass is 16.5. The molecular weight excluding hydrogens is 200 g/mol. The Labute approximate surface area is 96.9 Å². The van der Waals surface area contributed by atoms with Crippen molar-refractivity contribution in [3.8, 4) is 0 Å². The number of hydrogen-bond donors (Lipinski definition) is 1. The number of aliphatic hydroxyl groups excluding tert-OH is 1. The summed E-state index contributed by atoms with van der Waals surface area (Å²) in [5.74, 6) is 0. The van der Waals surface area contributed by atoms with Gasteiger partial charge in [0.15, 0.2) is 0 Å². The fraction of sp³-hybridized carbons (Fsp3) is 0.286. The van der Waals surface area contributed by atoms with E-state index in [0.717, 1.165) is 11.1 Å². The number of benzene rings is 1. The third-order valence-corrected chi connectivity index (χ3v) is 2.22. The highest BCUT2D eigenvalue weighted by Gasteiger charge is 2.02. The summed E-state index contributed by atoms with van der Waals surface area (Å²) in [5.41, 5.74) is 2.23. The van der Waals surface area contributed by atoms with E-state index in [4.69, 9.17) is 4.74 Å². The SMILES string of the molecule is C=C/C=C/C(O)Cc1cccc(COC)c1. The molecule has 0 spiro atoms. The molecule has 0 aromatic heterocycles. The van der Waals surface area contributed by atoms with Gasteiger partial charge in [-0.05, 0) is 11.1 Å². The van der Waals surface area contributed by atoms with E-state index in [1.807, 2.05) is 18.2 Å². The first-order chi connectivity index (χ1) is 7.76. The molecule has 0 bridgehead atoms. The summed E-state index contributed by atoms with van der Waals surface area (Å²) in [4.78, 5) is 0. The first kappa shape index (κ1) is 12.7. The number of aliphatic hydroxyl groups is 1. The molecular formula is C14H18O2. The molecule has 0 aliphatic carbocycles. The van der Waals surface area contributed by atoms with Crippen molar-refractivity contribution in [3.63, 3.8) is 0 Å². The van der Waals surface area contributed by atoms with Crippen LogP contribution < -0.4 is 0 Å². The second kappa shape index (κ2) is 6.99. The van der Waals surface area contributed by atoms with Gasteiger partial charge in [0.25, 0.3) is 0 Å². The van der Waals surface area contributed by atoms with Gasteiger partial charge in [0.05, 0.1) is 12.7 Å². The summed E-state index contributed by atoms with van der Waals surface area (Å²) in [6.07, 6.45) is 5.29. The van der Waals surface area contributed by atoms with E-state index in [-0.39, 0.29) is 0 Å². The molecule has 1 atom stereocenters. The lowest BCUT2D eigenvalue weighted by molar-refractivity contribution is 0.184. The number of methoxy groups -OCH3 is 1. The minimum atomic E-state index is -0.462. The van der Waals surface area contributed by atoms with Crippen molar-refractivity contribution in [2.45, 2.75) is 19.1 Å². The lowest BCUT2D eigenvalue weighted by atomic mass is 10.0. The standard InChI is InChI=1S/C14H18O2/c1-3-4-8-14(15)10-12-6-5-7-13(9-12)11-16-2/h3-9,14-15H,1,10-11H2,2H3/b8-4+. The Balaban J connectivity index is 2.62. The van der Waals surface area contributed by atoms with Crippen molar-refractivity contribution in [1.82, 2.24) is 0 Å².